The van der Waals surface area contributed by atoms with Crippen molar-refractivity contribution in [1.29, 1.82) is 0 Å². The first-order valence-corrected chi connectivity index (χ1v) is 31.9. The minimum Gasteiger partial charge on any atom is -0.490 e. The van der Waals surface area contributed by atoms with Crippen LogP contribution in [0.3, 0.4) is 0 Å². The average Bonchev–Trinajstić information content (AvgIpc) is 1.45. The highest BCUT2D eigenvalue weighted by molar-refractivity contribution is 7.90. The topological polar surface area (TPSA) is 333 Å². The molecule has 0 spiro atoms. The lowest BCUT2D eigenvalue weighted by atomic mass is 9.81. The van der Waals surface area contributed by atoms with Crippen molar-refractivity contribution in [1.82, 2.24) is 30.0 Å². The molecule has 464 valence electrons. The van der Waals surface area contributed by atoms with Crippen LogP contribution in [0.4, 0.5) is 14.9 Å². The summed E-state index contributed by atoms with van der Waals surface area (Å²) >= 11 is 0. The number of sulfone groups is 1. The van der Waals surface area contributed by atoms with Crippen LogP contribution in [-0.2, 0) is 94.7 Å². The van der Waals surface area contributed by atoms with Crippen molar-refractivity contribution in [2.45, 2.75) is 136 Å². The maximum Gasteiger partial charge on any atom is 0.411 e. The smallest absolute Gasteiger partial charge is 0.411 e. The van der Waals surface area contributed by atoms with Crippen LogP contribution in [0.25, 0.3) is 22.3 Å². The van der Waals surface area contributed by atoms with Crippen LogP contribution in [0.1, 0.15) is 125 Å². The highest BCUT2D eigenvalue weighted by atomic mass is 32.2. The first-order chi connectivity index (χ1) is 40.4. The number of unbranched alkanes of at least 4 members (excludes halogenated alkanes) is 1. The molecular weight excluding hydrogens is 1160 g/mol. The number of hydrogen-bond acceptors (Lipinski definition) is 17. The molecule has 3 aliphatic heterocycles. The second-order valence-electron chi connectivity index (χ2n) is 23.0. The SMILES string of the molecule is C=C1OCc2c(cc3n(c2=O)Cc2c-3nc3cc(F)c(C)c4c3c2[C@@H](NC(=O)COCN(CCS(C)(=O)=O)C(=O)OCc2ccc(NC(=O)[C@H](C)NC(=O)[C@@H](CC(=O)C(CCCCN3C(=O)CC(C)C3=O)S(=O)(=O)O)C(C)C)cc2)CC4)[C@@]1(O)CC. The number of benzene rings is 2. The first-order valence-electron chi connectivity index (χ1n) is 28.4. The predicted molar refractivity (Wildman–Crippen MR) is 310 cm³/mol. The fraction of sp³-hybridized carbons (Fsp3) is 0.508. The van der Waals surface area contributed by atoms with E-state index in [2.05, 4.69) is 22.5 Å². The van der Waals surface area contributed by atoms with Crippen LogP contribution in [0.5, 0.6) is 0 Å². The fourth-order valence-corrected chi connectivity index (χ4v) is 12.9. The van der Waals surface area contributed by atoms with Gasteiger partial charge in [-0.25, -0.2) is 22.6 Å². The summed E-state index contributed by atoms with van der Waals surface area (Å²) in [6.07, 6.45) is 0.372. The molecule has 0 bridgehead atoms. The maximum atomic E-state index is 15.5. The molecule has 2 aromatic carbocycles. The van der Waals surface area contributed by atoms with Crippen molar-refractivity contribution in [3.63, 3.8) is 0 Å². The van der Waals surface area contributed by atoms with Gasteiger partial charge in [0.05, 0.1) is 40.8 Å². The number of carbonyl (C=O) groups is 7. The van der Waals surface area contributed by atoms with Gasteiger partial charge in [-0.1, -0.05) is 46.4 Å². The number of ketones is 1. The van der Waals surface area contributed by atoms with E-state index in [9.17, 15) is 64.9 Å². The summed E-state index contributed by atoms with van der Waals surface area (Å²) in [5.41, 5.74) is 2.85. The molecule has 1 saturated heterocycles. The molecule has 8 rings (SSSR count). The molecule has 27 heteroatoms. The highest BCUT2D eigenvalue weighted by Gasteiger charge is 2.43. The Morgan fingerprint density at radius 1 is 1.01 bits per heavy atom. The van der Waals surface area contributed by atoms with Crippen molar-refractivity contribution in [3.8, 4) is 11.4 Å². The third kappa shape index (κ3) is 13.9. The molecule has 4 aromatic rings. The van der Waals surface area contributed by atoms with Gasteiger partial charge < -0.3 is 39.8 Å². The number of fused-ring (bicyclic) bond motifs is 5. The Bertz CT molecular complexity index is 3720. The van der Waals surface area contributed by atoms with E-state index in [0.717, 1.165) is 21.6 Å². The number of imide groups is 1. The zero-order chi connectivity index (χ0) is 62.9. The number of aryl methyl sites for hydroxylation is 1. The largest absolute Gasteiger partial charge is 0.490 e. The summed E-state index contributed by atoms with van der Waals surface area (Å²) in [7, 11) is -8.50. The van der Waals surface area contributed by atoms with Gasteiger partial charge in [-0.15, -0.1) is 0 Å². The van der Waals surface area contributed by atoms with Crippen LogP contribution in [0.2, 0.25) is 0 Å². The second kappa shape index (κ2) is 25.9. The zero-order valence-electron chi connectivity index (χ0n) is 49.0. The Morgan fingerprint density at radius 3 is 2.36 bits per heavy atom. The van der Waals surface area contributed by atoms with Gasteiger partial charge in [-0.3, -0.25) is 47.9 Å². The van der Waals surface area contributed by atoms with Gasteiger partial charge >= 0.3 is 6.09 Å². The molecule has 5 heterocycles. The number of rotatable bonds is 25. The lowest BCUT2D eigenvalue weighted by Gasteiger charge is -2.35. The lowest BCUT2D eigenvalue weighted by molar-refractivity contribution is -0.139. The molecule has 6 atom stereocenters. The Kier molecular flexibility index (Phi) is 19.4. The van der Waals surface area contributed by atoms with Crippen LogP contribution in [0.15, 0.2) is 53.5 Å². The van der Waals surface area contributed by atoms with E-state index in [1.807, 2.05) is 0 Å². The third-order valence-corrected chi connectivity index (χ3v) is 18.7. The standard InChI is InChI=1S/C59H72FN7O17S2/c1-9-59(76)35(7)83-28-41-42(59)24-46-53-40(26-67(46)57(41)74)52-44(18-17-38-33(5)43(60)25-45(64-53)51(38)52)63-49(69)29-82-30-65(20-21-85(8,77)78)58(75)84-27-36-13-15-37(16-14-36)62-54(71)34(6)61-55(72)39(31(2)3)23-47(68)48(86(79,80)81)12-10-11-19-66-50(70)22-32(4)56(66)73/h13-16,24-25,31-32,34,39,44,48,76H,7,9-12,17-23,26-30H2,1-6,8H3,(H,61,72)(H,62,71)(H,63,69)(H,79,80,81)/t32?,34-,39-,44-,48?,59+/m0/s1. The Hall–Kier alpha value is -7.46. The van der Waals surface area contributed by atoms with Crippen LogP contribution in [-0.4, -0.2) is 137 Å². The number of aliphatic hydroxyl groups is 1. The summed E-state index contributed by atoms with van der Waals surface area (Å²) in [4.78, 5) is 113. The molecule has 4 aliphatic rings. The number of carbonyl (C=O) groups excluding carboxylic acids is 7. The van der Waals surface area contributed by atoms with Crippen molar-refractivity contribution in [2.75, 3.05) is 43.8 Å². The van der Waals surface area contributed by atoms with Crippen LogP contribution >= 0.6 is 0 Å². The molecule has 2 aromatic heterocycles. The predicted octanol–water partition coefficient (Wildman–Crippen LogP) is 4.77. The lowest BCUT2D eigenvalue weighted by Crippen LogP contribution is -2.46. The minimum atomic E-state index is -4.90. The summed E-state index contributed by atoms with van der Waals surface area (Å²) in [5, 5.41) is 18.7. The van der Waals surface area contributed by atoms with E-state index >= 15 is 4.39 Å². The van der Waals surface area contributed by atoms with E-state index in [-0.39, 0.29) is 93.8 Å². The number of amides is 6. The fourth-order valence-electron chi connectivity index (χ4n) is 11.5. The molecule has 2 unspecified atom stereocenters. The molecule has 6 amide bonds. The number of nitrogens with zero attached hydrogens (tertiary/aromatic N) is 4. The van der Waals surface area contributed by atoms with Crippen molar-refractivity contribution in [2.24, 2.45) is 17.8 Å². The van der Waals surface area contributed by atoms with Gasteiger partial charge in [0.25, 0.3) is 15.7 Å². The number of likely N-dealkylation sites (tertiary alicyclic amines) is 1. The minimum absolute atomic E-state index is 0.0328. The third-order valence-electron chi connectivity index (χ3n) is 16.5. The number of aromatic nitrogens is 2. The molecule has 0 saturated carbocycles. The normalized spacial score (nSPS) is 19.1. The van der Waals surface area contributed by atoms with Gasteiger partial charge in [0.2, 0.25) is 29.5 Å². The quantitative estimate of drug-likeness (QED) is 0.0227. The number of Topliss-reactive ketones (excluding diaryl/α,β-unsaturated/α-hetero) is 1. The average molecular weight is 1230 g/mol. The van der Waals surface area contributed by atoms with Crippen molar-refractivity contribution < 1.29 is 78.7 Å². The van der Waals surface area contributed by atoms with Gasteiger partial charge in [-0.05, 0) is 98.7 Å². The molecule has 24 nitrogen and oxygen atoms in total. The van der Waals surface area contributed by atoms with Gasteiger partial charge in [0.1, 0.15) is 64.9 Å². The molecule has 1 fully saturated rings. The number of pyridine rings is 2. The first kappa shape index (κ1) is 64.5. The Balaban J connectivity index is 0.851. The van der Waals surface area contributed by atoms with E-state index in [4.69, 9.17) is 19.2 Å². The Labute approximate surface area is 496 Å². The van der Waals surface area contributed by atoms with Gasteiger partial charge in [0, 0.05) is 72.3 Å². The summed E-state index contributed by atoms with van der Waals surface area (Å²) in [6, 6.07) is 7.25. The second-order valence-corrected chi connectivity index (χ2v) is 26.8. The van der Waals surface area contributed by atoms with Gasteiger partial charge in [-0.2, -0.15) is 8.42 Å². The van der Waals surface area contributed by atoms with E-state index < -0.39 is 127 Å². The van der Waals surface area contributed by atoms with E-state index in [1.54, 1.807) is 40.7 Å². The number of hydrogen-bond donors (Lipinski definition) is 5. The molecule has 0 radical (unpaired) electrons. The van der Waals surface area contributed by atoms with Gasteiger partial charge in [0.15, 0.2) is 5.78 Å². The molecule has 5 N–H and O–H groups in total. The van der Waals surface area contributed by atoms with Crippen LogP contribution in [0, 0.1) is 30.5 Å². The Morgan fingerprint density at radius 2 is 1.72 bits per heavy atom. The number of halogens is 1. The summed E-state index contributed by atoms with van der Waals surface area (Å²) < 4.78 is 93.0. The van der Waals surface area contributed by atoms with Crippen molar-refractivity contribution >= 4 is 78.0 Å². The number of anilines is 1. The number of nitrogens with one attached hydrogen (secondary N) is 3. The monoisotopic (exact) mass is 1230 g/mol. The zero-order valence-corrected chi connectivity index (χ0v) is 50.6. The van der Waals surface area contributed by atoms with E-state index in [1.165, 1.54) is 41.8 Å². The van der Waals surface area contributed by atoms with E-state index in [0.29, 0.717) is 62.9 Å². The highest BCUT2D eigenvalue weighted by Crippen LogP contribution is 2.47. The summed E-state index contributed by atoms with van der Waals surface area (Å²) in [6.45, 7) is 11.8. The summed E-state index contributed by atoms with van der Waals surface area (Å²) in [5.74, 6) is -6.45. The molecule has 86 heavy (non-hydrogen) atoms. The van der Waals surface area contributed by atoms with Crippen LogP contribution < -0.4 is 21.5 Å². The van der Waals surface area contributed by atoms with Crippen molar-refractivity contribution in [3.05, 3.63) is 104 Å². The molecular formula is C59H72FN7O17S2. The molecule has 1 aliphatic carbocycles. The number of ether oxygens (including phenoxy) is 3. The maximum absolute atomic E-state index is 15.5.